The van der Waals surface area contributed by atoms with E-state index in [4.69, 9.17) is 0 Å². The second-order valence-electron chi connectivity index (χ2n) is 9.91. The Bertz CT molecular complexity index is 1190. The molecular weight excluding hydrogens is 518 g/mol. The summed E-state index contributed by atoms with van der Waals surface area (Å²) in [4.78, 5) is 15.5. The molecule has 0 aliphatic carbocycles. The molecule has 1 N–H and O–H groups in total. The Balaban J connectivity index is 1.42. The average Bonchev–Trinajstić information content (AvgIpc) is 2.92. The van der Waals surface area contributed by atoms with Gasteiger partial charge in [-0.15, -0.1) is 0 Å². The first-order valence-corrected chi connectivity index (χ1v) is 12.9. The van der Waals surface area contributed by atoms with Gasteiger partial charge in [0.1, 0.15) is 0 Å². The monoisotopic (exact) mass is 548 g/mol. The second-order valence-corrected chi connectivity index (χ2v) is 9.91. The second kappa shape index (κ2) is 12.2. The van der Waals surface area contributed by atoms with Crippen LogP contribution in [0.2, 0.25) is 0 Å². The largest absolute Gasteiger partial charge is 0.416 e. The van der Waals surface area contributed by atoms with Crippen molar-refractivity contribution in [1.82, 2.24) is 10.2 Å². The quantitative estimate of drug-likeness (QED) is 0.298. The van der Waals surface area contributed by atoms with Crippen LogP contribution < -0.4 is 5.32 Å². The number of hydrogen-bond donors (Lipinski definition) is 1. The van der Waals surface area contributed by atoms with Crippen molar-refractivity contribution in [2.45, 2.75) is 50.0 Å². The summed E-state index contributed by atoms with van der Waals surface area (Å²) >= 11 is 0. The number of alkyl halides is 6. The van der Waals surface area contributed by atoms with Crippen LogP contribution in [0.25, 0.3) is 0 Å². The smallest absolute Gasteiger partial charge is 0.351 e. The molecule has 0 radical (unpaired) electrons. The maximum absolute atomic E-state index is 13.2. The highest BCUT2D eigenvalue weighted by Gasteiger charge is 2.37. The lowest BCUT2D eigenvalue weighted by atomic mass is 9.89. The van der Waals surface area contributed by atoms with Gasteiger partial charge in [0, 0.05) is 6.54 Å². The molecule has 0 spiro atoms. The minimum absolute atomic E-state index is 0.0824. The SMILES string of the molecule is O=C(NCc1cc(C(F)(F)F)cc(C(F)(F)F)c1)[C@@H](CCN1CCC(c2ccccc2)CC1)c1ccccc1. The molecule has 3 aromatic rings. The molecule has 1 heterocycles. The van der Waals surface area contributed by atoms with Crippen LogP contribution in [0.1, 0.15) is 58.9 Å². The van der Waals surface area contributed by atoms with Crippen molar-refractivity contribution in [2.24, 2.45) is 0 Å². The Morgan fingerprint density at radius 1 is 0.821 bits per heavy atom. The minimum Gasteiger partial charge on any atom is -0.351 e. The van der Waals surface area contributed by atoms with E-state index in [-0.39, 0.29) is 11.6 Å². The first-order valence-electron chi connectivity index (χ1n) is 12.9. The lowest BCUT2D eigenvalue weighted by molar-refractivity contribution is -0.143. The van der Waals surface area contributed by atoms with Gasteiger partial charge < -0.3 is 10.2 Å². The van der Waals surface area contributed by atoms with Crippen LogP contribution in [-0.2, 0) is 23.7 Å². The van der Waals surface area contributed by atoms with Gasteiger partial charge in [-0.1, -0.05) is 60.7 Å². The molecule has 9 heteroatoms. The van der Waals surface area contributed by atoms with E-state index in [0.717, 1.165) is 31.5 Å². The third-order valence-corrected chi connectivity index (χ3v) is 7.23. The van der Waals surface area contributed by atoms with Crippen molar-refractivity contribution in [3.05, 3.63) is 107 Å². The standard InChI is InChI=1S/C30H30F6N2O/c31-29(32,33)25-17-21(18-26(19-25)30(34,35)36)20-37-28(39)27(24-9-5-2-6-10-24)13-16-38-14-11-23(12-15-38)22-7-3-1-4-8-22/h1-10,17-19,23,27H,11-16,20H2,(H,37,39)/t27-/m0/s1. The highest BCUT2D eigenvalue weighted by atomic mass is 19.4. The molecule has 208 valence electrons. The Morgan fingerprint density at radius 3 is 1.90 bits per heavy atom. The molecule has 1 aliphatic heterocycles. The van der Waals surface area contributed by atoms with Crippen molar-refractivity contribution in [2.75, 3.05) is 19.6 Å². The molecule has 0 bridgehead atoms. The van der Waals surface area contributed by atoms with E-state index in [0.29, 0.717) is 31.0 Å². The molecule has 1 amide bonds. The number of halogens is 6. The highest BCUT2D eigenvalue weighted by molar-refractivity contribution is 5.83. The number of carbonyl (C=O) groups excluding carboxylic acids is 1. The van der Waals surface area contributed by atoms with Crippen molar-refractivity contribution < 1.29 is 31.1 Å². The number of hydrogen-bond acceptors (Lipinski definition) is 2. The van der Waals surface area contributed by atoms with E-state index >= 15 is 0 Å². The molecular formula is C30H30F6N2O. The van der Waals surface area contributed by atoms with Gasteiger partial charge in [0.2, 0.25) is 5.91 Å². The van der Waals surface area contributed by atoms with Gasteiger partial charge in [-0.05, 0) is 79.7 Å². The summed E-state index contributed by atoms with van der Waals surface area (Å²) in [5.74, 6) is -0.540. The lowest BCUT2D eigenvalue weighted by Crippen LogP contribution is -2.36. The zero-order chi connectivity index (χ0) is 28.0. The van der Waals surface area contributed by atoms with Crippen molar-refractivity contribution in [3.63, 3.8) is 0 Å². The average molecular weight is 549 g/mol. The molecule has 4 rings (SSSR count). The zero-order valence-electron chi connectivity index (χ0n) is 21.2. The molecule has 1 aliphatic rings. The number of nitrogens with zero attached hydrogens (tertiary/aromatic N) is 1. The van der Waals surface area contributed by atoms with Gasteiger partial charge >= 0.3 is 12.4 Å². The summed E-state index contributed by atoms with van der Waals surface area (Å²) in [6, 6.07) is 20.7. The van der Waals surface area contributed by atoms with Gasteiger partial charge in [-0.25, -0.2) is 0 Å². The summed E-state index contributed by atoms with van der Waals surface area (Å²) in [7, 11) is 0. The molecule has 1 fully saturated rings. The molecule has 0 aromatic heterocycles. The fraction of sp³-hybridized carbons (Fsp3) is 0.367. The number of rotatable bonds is 8. The van der Waals surface area contributed by atoms with Gasteiger partial charge in [0.05, 0.1) is 17.0 Å². The predicted molar refractivity (Wildman–Crippen MR) is 137 cm³/mol. The van der Waals surface area contributed by atoms with Crippen molar-refractivity contribution in [1.29, 1.82) is 0 Å². The third kappa shape index (κ3) is 7.85. The van der Waals surface area contributed by atoms with Gasteiger partial charge in [0.25, 0.3) is 0 Å². The fourth-order valence-electron chi connectivity index (χ4n) is 5.10. The number of nitrogens with one attached hydrogen (secondary N) is 1. The number of benzene rings is 3. The number of likely N-dealkylation sites (tertiary alicyclic amines) is 1. The Labute approximate surface area is 223 Å². The molecule has 3 aromatic carbocycles. The molecule has 1 saturated heterocycles. The van der Waals surface area contributed by atoms with E-state index in [1.165, 1.54) is 5.56 Å². The summed E-state index contributed by atoms with van der Waals surface area (Å²) in [6.45, 7) is 1.97. The van der Waals surface area contributed by atoms with Crippen LogP contribution >= 0.6 is 0 Å². The fourth-order valence-corrected chi connectivity index (χ4v) is 5.10. The molecule has 0 unspecified atom stereocenters. The summed E-state index contributed by atoms with van der Waals surface area (Å²) < 4.78 is 79.3. The normalized spacial score (nSPS) is 16.2. The lowest BCUT2D eigenvalue weighted by Gasteiger charge is -2.33. The predicted octanol–water partition coefficient (Wildman–Crippen LogP) is 7.39. The minimum atomic E-state index is -4.94. The number of carbonyl (C=O) groups is 1. The van der Waals surface area contributed by atoms with E-state index in [1.807, 2.05) is 24.3 Å². The molecule has 0 saturated carbocycles. The topological polar surface area (TPSA) is 32.3 Å². The van der Waals surface area contributed by atoms with E-state index < -0.39 is 41.8 Å². The van der Waals surface area contributed by atoms with Gasteiger partial charge in [0.15, 0.2) is 0 Å². The maximum atomic E-state index is 13.2. The van der Waals surface area contributed by atoms with E-state index in [1.54, 1.807) is 24.3 Å². The van der Waals surface area contributed by atoms with Crippen LogP contribution in [-0.4, -0.2) is 30.4 Å². The Hall–Kier alpha value is -3.33. The Morgan fingerprint density at radius 2 is 1.36 bits per heavy atom. The number of piperidine rings is 1. The first-order chi connectivity index (χ1) is 18.5. The Kier molecular flexibility index (Phi) is 9.00. The summed E-state index contributed by atoms with van der Waals surface area (Å²) in [6.07, 6.45) is -7.41. The van der Waals surface area contributed by atoms with Crippen LogP contribution in [0.3, 0.4) is 0 Å². The van der Waals surface area contributed by atoms with Crippen molar-refractivity contribution in [3.8, 4) is 0 Å². The van der Waals surface area contributed by atoms with Gasteiger partial charge in [-0.2, -0.15) is 26.3 Å². The zero-order valence-corrected chi connectivity index (χ0v) is 21.2. The molecule has 3 nitrogen and oxygen atoms in total. The molecule has 39 heavy (non-hydrogen) atoms. The van der Waals surface area contributed by atoms with Crippen molar-refractivity contribution >= 4 is 5.91 Å². The van der Waals surface area contributed by atoms with Gasteiger partial charge in [-0.3, -0.25) is 4.79 Å². The van der Waals surface area contributed by atoms with Crippen LogP contribution in [0, 0.1) is 0 Å². The molecule has 1 atom stereocenters. The summed E-state index contributed by atoms with van der Waals surface area (Å²) in [5, 5.41) is 2.58. The maximum Gasteiger partial charge on any atom is 0.416 e. The van der Waals surface area contributed by atoms with Crippen LogP contribution in [0.5, 0.6) is 0 Å². The third-order valence-electron chi connectivity index (χ3n) is 7.23. The van der Waals surface area contributed by atoms with Crippen LogP contribution in [0.4, 0.5) is 26.3 Å². The number of amides is 1. The first kappa shape index (κ1) is 28.7. The highest BCUT2D eigenvalue weighted by Crippen LogP contribution is 2.36. The van der Waals surface area contributed by atoms with E-state index in [2.05, 4.69) is 22.3 Å². The summed E-state index contributed by atoms with van der Waals surface area (Å²) in [5.41, 5.74) is -1.00. The van der Waals surface area contributed by atoms with E-state index in [9.17, 15) is 31.1 Å². The van der Waals surface area contributed by atoms with Crippen LogP contribution in [0.15, 0.2) is 78.9 Å².